The van der Waals surface area contributed by atoms with Crippen LogP contribution in [0.5, 0.6) is 0 Å². The first kappa shape index (κ1) is 25.0. The van der Waals surface area contributed by atoms with Gasteiger partial charge in [0.05, 0.1) is 0 Å². The van der Waals surface area contributed by atoms with Gasteiger partial charge in [0.2, 0.25) is 11.8 Å². The molecule has 0 aliphatic carbocycles. The topological polar surface area (TPSA) is 113 Å². The van der Waals surface area contributed by atoms with Gasteiger partial charge < -0.3 is 21.1 Å². The Morgan fingerprint density at radius 2 is 1.90 bits per heavy atom. The Kier molecular flexibility index (Phi) is 10.8. The molecule has 1 aliphatic rings. The fourth-order valence-electron chi connectivity index (χ4n) is 3.29. The van der Waals surface area contributed by atoms with Crippen molar-refractivity contribution in [3.63, 3.8) is 0 Å². The molecule has 0 aromatic heterocycles. The zero-order chi connectivity index (χ0) is 22.0. The van der Waals surface area contributed by atoms with Crippen LogP contribution < -0.4 is 11.1 Å². The molecular weight excluding hydrogens is 390 g/mol. The molecule has 162 valence electrons. The molecule has 1 saturated heterocycles. The minimum absolute atomic E-state index is 0.143. The van der Waals surface area contributed by atoms with Gasteiger partial charge in [-0.25, -0.2) is 4.79 Å². The van der Waals surface area contributed by atoms with Gasteiger partial charge in [0, 0.05) is 43.1 Å². The SMILES string of the molecule is CC.CC(CS)C(=O)N1CC(NC(=O)CC(N)Cc2ccccc2)CC1C(=O)O. The van der Waals surface area contributed by atoms with Crippen LogP contribution in [-0.4, -0.2) is 58.2 Å². The molecule has 2 amide bonds. The number of nitrogens with two attached hydrogens (primary N) is 1. The van der Waals surface area contributed by atoms with E-state index in [2.05, 4.69) is 17.9 Å². The Hall–Kier alpha value is -2.06. The molecule has 0 bridgehead atoms. The van der Waals surface area contributed by atoms with Crippen molar-refractivity contribution >= 4 is 30.4 Å². The zero-order valence-corrected chi connectivity index (χ0v) is 18.3. The number of aliphatic carboxylic acids is 1. The minimum atomic E-state index is -1.06. The predicted molar refractivity (Wildman–Crippen MR) is 117 cm³/mol. The second-order valence-electron chi connectivity index (χ2n) is 7.08. The highest BCUT2D eigenvalue weighted by Gasteiger charge is 2.41. The molecule has 7 nitrogen and oxygen atoms in total. The number of amides is 2. The molecule has 1 aromatic rings. The Morgan fingerprint density at radius 1 is 1.28 bits per heavy atom. The van der Waals surface area contributed by atoms with Crippen LogP contribution in [0.3, 0.4) is 0 Å². The third-order valence-corrected chi connectivity index (χ3v) is 5.27. The lowest BCUT2D eigenvalue weighted by molar-refractivity contribution is -0.149. The van der Waals surface area contributed by atoms with E-state index in [-0.39, 0.29) is 43.2 Å². The number of rotatable bonds is 8. The number of nitrogens with one attached hydrogen (secondary N) is 1. The van der Waals surface area contributed by atoms with Crippen molar-refractivity contribution < 1.29 is 19.5 Å². The number of carboxylic acids is 1. The first-order valence-corrected chi connectivity index (χ1v) is 10.7. The second kappa shape index (κ2) is 12.5. The second-order valence-corrected chi connectivity index (χ2v) is 7.45. The molecule has 0 saturated carbocycles. The van der Waals surface area contributed by atoms with Crippen LogP contribution >= 0.6 is 12.6 Å². The van der Waals surface area contributed by atoms with Crippen LogP contribution in [0.15, 0.2) is 30.3 Å². The minimum Gasteiger partial charge on any atom is -0.480 e. The van der Waals surface area contributed by atoms with E-state index < -0.39 is 18.1 Å². The van der Waals surface area contributed by atoms with E-state index in [4.69, 9.17) is 5.73 Å². The Bertz CT molecular complexity index is 671. The van der Waals surface area contributed by atoms with E-state index in [9.17, 15) is 19.5 Å². The number of nitrogens with zero attached hydrogens (tertiary/aromatic N) is 1. The molecule has 1 aliphatic heterocycles. The van der Waals surface area contributed by atoms with Crippen LogP contribution in [-0.2, 0) is 20.8 Å². The van der Waals surface area contributed by atoms with Crippen LogP contribution in [0.4, 0.5) is 0 Å². The van der Waals surface area contributed by atoms with Crippen molar-refractivity contribution in [2.75, 3.05) is 12.3 Å². The summed E-state index contributed by atoms with van der Waals surface area (Å²) in [5.74, 6) is -1.58. The van der Waals surface area contributed by atoms with Gasteiger partial charge in [0.1, 0.15) is 6.04 Å². The van der Waals surface area contributed by atoms with Gasteiger partial charge in [-0.05, 0) is 12.0 Å². The lowest BCUT2D eigenvalue weighted by atomic mass is 10.0. The van der Waals surface area contributed by atoms with Crippen LogP contribution in [0, 0.1) is 5.92 Å². The van der Waals surface area contributed by atoms with Crippen molar-refractivity contribution in [2.24, 2.45) is 11.7 Å². The standard InChI is InChI=1S/C19H27N3O4S.C2H6/c1-12(11-27)18(24)22-10-15(9-16(22)19(25)26)21-17(23)8-14(20)7-13-5-3-2-4-6-13;1-2/h2-6,12,14-16,27H,7-11,20H2,1H3,(H,21,23)(H,25,26);1-2H3. The van der Waals surface area contributed by atoms with Gasteiger partial charge in [0.25, 0.3) is 0 Å². The summed E-state index contributed by atoms with van der Waals surface area (Å²) in [4.78, 5) is 37.5. The summed E-state index contributed by atoms with van der Waals surface area (Å²) in [7, 11) is 0. The molecular formula is C21H33N3O4S. The smallest absolute Gasteiger partial charge is 0.326 e. The number of thiol groups is 1. The number of hydrogen-bond acceptors (Lipinski definition) is 5. The van der Waals surface area contributed by atoms with Crippen molar-refractivity contribution in [2.45, 2.75) is 58.2 Å². The largest absolute Gasteiger partial charge is 0.480 e. The third-order valence-electron chi connectivity index (χ3n) is 4.72. The highest BCUT2D eigenvalue weighted by atomic mass is 32.1. The highest BCUT2D eigenvalue weighted by Crippen LogP contribution is 2.21. The predicted octanol–water partition coefficient (Wildman–Crippen LogP) is 1.71. The molecule has 4 unspecified atom stereocenters. The summed E-state index contributed by atoms with van der Waals surface area (Å²) in [6.07, 6.45) is 0.922. The Morgan fingerprint density at radius 3 is 2.45 bits per heavy atom. The zero-order valence-electron chi connectivity index (χ0n) is 17.4. The molecule has 4 N–H and O–H groups in total. The monoisotopic (exact) mass is 423 g/mol. The van der Waals surface area contributed by atoms with Crippen molar-refractivity contribution in [1.82, 2.24) is 10.2 Å². The lowest BCUT2D eigenvalue weighted by Gasteiger charge is -2.24. The number of carbonyl (C=O) groups is 3. The fraction of sp³-hybridized carbons (Fsp3) is 0.571. The van der Waals surface area contributed by atoms with Crippen molar-refractivity contribution in [3.05, 3.63) is 35.9 Å². The van der Waals surface area contributed by atoms with E-state index in [1.54, 1.807) is 6.92 Å². The van der Waals surface area contributed by atoms with Crippen LogP contribution in [0.25, 0.3) is 0 Å². The number of carboxylic acid groups (broad SMARTS) is 1. The van der Waals surface area contributed by atoms with Crippen molar-refractivity contribution in [1.29, 1.82) is 0 Å². The first-order valence-electron chi connectivity index (χ1n) is 10.0. The maximum Gasteiger partial charge on any atom is 0.326 e. The van der Waals surface area contributed by atoms with Gasteiger partial charge in [0.15, 0.2) is 0 Å². The quantitative estimate of drug-likeness (QED) is 0.476. The molecule has 1 aromatic carbocycles. The molecule has 29 heavy (non-hydrogen) atoms. The van der Waals surface area contributed by atoms with Gasteiger partial charge in [-0.1, -0.05) is 51.1 Å². The molecule has 1 heterocycles. The summed E-state index contributed by atoms with van der Waals surface area (Å²) >= 11 is 4.11. The maximum absolute atomic E-state index is 12.4. The van der Waals surface area contributed by atoms with E-state index in [0.29, 0.717) is 12.2 Å². The van der Waals surface area contributed by atoms with E-state index in [1.165, 1.54) is 4.90 Å². The van der Waals surface area contributed by atoms with Gasteiger partial charge in [-0.15, -0.1) is 0 Å². The third kappa shape index (κ3) is 7.70. The highest BCUT2D eigenvalue weighted by molar-refractivity contribution is 7.80. The van der Waals surface area contributed by atoms with Crippen LogP contribution in [0.2, 0.25) is 0 Å². The lowest BCUT2D eigenvalue weighted by Crippen LogP contribution is -2.44. The average molecular weight is 424 g/mol. The summed E-state index contributed by atoms with van der Waals surface area (Å²) in [6, 6.07) is 8.03. The number of hydrogen-bond donors (Lipinski definition) is 4. The number of likely N-dealkylation sites (tertiary alicyclic amines) is 1. The van der Waals surface area contributed by atoms with Gasteiger partial charge >= 0.3 is 5.97 Å². The molecule has 1 fully saturated rings. The summed E-state index contributed by atoms with van der Waals surface area (Å²) in [5.41, 5.74) is 7.12. The number of carbonyl (C=O) groups excluding carboxylic acids is 2. The van der Waals surface area contributed by atoms with E-state index >= 15 is 0 Å². The summed E-state index contributed by atoms with van der Waals surface area (Å²) in [5, 5.41) is 12.2. The van der Waals surface area contributed by atoms with E-state index in [0.717, 1.165) is 5.56 Å². The van der Waals surface area contributed by atoms with E-state index in [1.807, 2.05) is 44.2 Å². The number of benzene rings is 1. The average Bonchev–Trinajstić information content (AvgIpc) is 3.12. The van der Waals surface area contributed by atoms with Gasteiger partial charge in [-0.3, -0.25) is 9.59 Å². The Balaban J connectivity index is 0.00000204. The maximum atomic E-state index is 12.4. The first-order chi connectivity index (χ1) is 13.8. The Labute approximate surface area is 178 Å². The molecule has 0 radical (unpaired) electrons. The summed E-state index contributed by atoms with van der Waals surface area (Å²) in [6.45, 7) is 5.90. The van der Waals surface area contributed by atoms with Crippen LogP contribution in [0.1, 0.15) is 39.2 Å². The molecule has 0 spiro atoms. The molecule has 8 heteroatoms. The van der Waals surface area contributed by atoms with Crippen molar-refractivity contribution in [3.8, 4) is 0 Å². The normalized spacial score (nSPS) is 20.2. The fourth-order valence-corrected chi connectivity index (χ4v) is 3.45. The summed E-state index contributed by atoms with van der Waals surface area (Å²) < 4.78 is 0. The van der Waals surface area contributed by atoms with Gasteiger partial charge in [-0.2, -0.15) is 12.6 Å². The molecule has 4 atom stereocenters. The molecule has 2 rings (SSSR count).